The molecule has 1 atom stereocenters. The van der Waals surface area contributed by atoms with Gasteiger partial charge in [0.15, 0.2) is 5.69 Å². The molecule has 1 aromatic rings. The molecule has 7 nitrogen and oxygen atoms in total. The second-order valence-electron chi connectivity index (χ2n) is 4.27. The van der Waals surface area contributed by atoms with E-state index in [-0.39, 0.29) is 17.0 Å². The molecule has 0 bridgehead atoms. The molecule has 0 fully saturated rings. The van der Waals surface area contributed by atoms with Crippen molar-refractivity contribution in [1.29, 1.82) is 5.26 Å². The number of carbonyl (C=O) groups is 1. The van der Waals surface area contributed by atoms with Crippen LogP contribution >= 0.6 is 0 Å². The van der Waals surface area contributed by atoms with E-state index in [1.807, 2.05) is 0 Å². The summed E-state index contributed by atoms with van der Waals surface area (Å²) < 4.78 is 26.6. The number of carboxylic acid groups (broad SMARTS) is 1. The zero-order valence-electron chi connectivity index (χ0n) is 10.9. The molecular formula is C12H15N3O4S. The molecule has 20 heavy (non-hydrogen) atoms. The lowest BCUT2D eigenvalue weighted by Gasteiger charge is -2.14. The van der Waals surface area contributed by atoms with Gasteiger partial charge in [-0.2, -0.15) is 5.26 Å². The number of rotatable bonds is 7. The number of nitrogens with one attached hydrogen (secondary N) is 1. The van der Waals surface area contributed by atoms with E-state index in [0.717, 1.165) is 0 Å². The average molecular weight is 297 g/mol. The van der Waals surface area contributed by atoms with Crippen LogP contribution in [0.25, 0.3) is 0 Å². The Labute approximate surface area is 117 Å². The van der Waals surface area contributed by atoms with Crippen LogP contribution in [0.3, 0.4) is 0 Å². The summed E-state index contributed by atoms with van der Waals surface area (Å²) >= 11 is 0. The minimum atomic E-state index is -3.84. The predicted molar refractivity (Wildman–Crippen MR) is 70.2 cm³/mol. The van der Waals surface area contributed by atoms with Crippen LogP contribution in [0.15, 0.2) is 23.2 Å². The quantitative estimate of drug-likeness (QED) is 0.770. The van der Waals surface area contributed by atoms with Crippen LogP contribution < -0.4 is 4.72 Å². The van der Waals surface area contributed by atoms with Crippen molar-refractivity contribution in [3.8, 4) is 6.07 Å². The number of carboxylic acids is 1. The Kier molecular flexibility index (Phi) is 5.61. The summed E-state index contributed by atoms with van der Waals surface area (Å²) in [4.78, 5) is 13.9. The standard InChI is InChI=1S/C12H15N3O4S/c1-9(4-2-6-12(16)17)15-20(18,19)11-5-3-7-14-10(11)8-13/h3,5,7,9,15H,2,4,6H2,1H3,(H,16,17). The molecular weight excluding hydrogens is 282 g/mol. The fraction of sp³-hybridized carbons (Fsp3) is 0.417. The molecule has 0 saturated heterocycles. The number of nitrogens with zero attached hydrogens (tertiary/aromatic N) is 2. The third kappa shape index (κ3) is 4.60. The van der Waals surface area contributed by atoms with Gasteiger partial charge in [-0.25, -0.2) is 18.1 Å². The highest BCUT2D eigenvalue weighted by atomic mass is 32.2. The second-order valence-corrected chi connectivity index (χ2v) is 5.95. The molecule has 0 radical (unpaired) electrons. The molecule has 0 saturated carbocycles. The average Bonchev–Trinajstić information content (AvgIpc) is 2.37. The van der Waals surface area contributed by atoms with Crippen molar-refractivity contribution in [3.05, 3.63) is 24.0 Å². The summed E-state index contributed by atoms with van der Waals surface area (Å²) in [5, 5.41) is 17.4. The Morgan fingerprint density at radius 2 is 2.30 bits per heavy atom. The van der Waals surface area contributed by atoms with E-state index in [4.69, 9.17) is 10.4 Å². The van der Waals surface area contributed by atoms with Gasteiger partial charge in [0.25, 0.3) is 0 Å². The molecule has 1 aromatic heterocycles. The van der Waals surface area contributed by atoms with Crippen molar-refractivity contribution in [1.82, 2.24) is 9.71 Å². The minimum absolute atomic E-state index is 0.0115. The Morgan fingerprint density at radius 1 is 1.60 bits per heavy atom. The number of sulfonamides is 1. The zero-order valence-corrected chi connectivity index (χ0v) is 11.7. The number of hydrogen-bond donors (Lipinski definition) is 2. The van der Waals surface area contributed by atoms with E-state index >= 15 is 0 Å². The third-order valence-corrected chi connectivity index (χ3v) is 4.17. The van der Waals surface area contributed by atoms with Crippen LogP contribution in [0.5, 0.6) is 0 Å². The molecule has 0 amide bonds. The Hall–Kier alpha value is -1.98. The summed E-state index contributed by atoms with van der Waals surface area (Å²) in [7, 11) is -3.84. The van der Waals surface area contributed by atoms with Crippen molar-refractivity contribution in [2.75, 3.05) is 0 Å². The van der Waals surface area contributed by atoms with E-state index in [1.54, 1.807) is 13.0 Å². The summed E-state index contributed by atoms with van der Waals surface area (Å²) in [6, 6.07) is 4.04. The topological polar surface area (TPSA) is 120 Å². The van der Waals surface area contributed by atoms with Crippen molar-refractivity contribution in [2.45, 2.75) is 37.1 Å². The molecule has 1 unspecified atom stereocenters. The zero-order chi connectivity index (χ0) is 15.2. The van der Waals surface area contributed by atoms with E-state index in [9.17, 15) is 13.2 Å². The van der Waals surface area contributed by atoms with Gasteiger partial charge in [0.1, 0.15) is 11.0 Å². The maximum Gasteiger partial charge on any atom is 0.303 e. The Balaban J connectivity index is 2.75. The van der Waals surface area contributed by atoms with Crippen molar-refractivity contribution >= 4 is 16.0 Å². The fourth-order valence-corrected chi connectivity index (χ4v) is 3.02. The highest BCUT2D eigenvalue weighted by Gasteiger charge is 2.21. The first-order chi connectivity index (χ1) is 9.36. The molecule has 2 N–H and O–H groups in total. The fourth-order valence-electron chi connectivity index (χ4n) is 1.64. The number of nitriles is 1. The molecule has 0 aliphatic rings. The van der Waals surface area contributed by atoms with E-state index in [1.165, 1.54) is 18.3 Å². The number of aliphatic carboxylic acids is 1. The summed E-state index contributed by atoms with van der Waals surface area (Å²) in [6.45, 7) is 1.64. The van der Waals surface area contributed by atoms with Crippen molar-refractivity contribution in [2.24, 2.45) is 0 Å². The van der Waals surface area contributed by atoms with Gasteiger partial charge in [-0.1, -0.05) is 0 Å². The number of aromatic nitrogens is 1. The maximum atomic E-state index is 12.1. The lowest BCUT2D eigenvalue weighted by molar-refractivity contribution is -0.137. The van der Waals surface area contributed by atoms with Crippen LogP contribution in [0, 0.1) is 11.3 Å². The van der Waals surface area contributed by atoms with Crippen LogP contribution in [0.4, 0.5) is 0 Å². The largest absolute Gasteiger partial charge is 0.481 e. The molecule has 1 rings (SSSR count). The Morgan fingerprint density at radius 3 is 2.90 bits per heavy atom. The number of pyridine rings is 1. The predicted octanol–water partition coefficient (Wildman–Crippen LogP) is 0.875. The normalized spacial score (nSPS) is 12.6. The summed E-state index contributed by atoms with van der Waals surface area (Å²) in [6.07, 6.45) is 2.10. The molecule has 108 valence electrons. The van der Waals surface area contributed by atoms with Crippen LogP contribution in [0.2, 0.25) is 0 Å². The molecule has 1 heterocycles. The SMILES string of the molecule is CC(CCCC(=O)O)NS(=O)(=O)c1cccnc1C#N. The molecule has 0 aromatic carbocycles. The van der Waals surface area contributed by atoms with Gasteiger partial charge in [0.2, 0.25) is 10.0 Å². The van der Waals surface area contributed by atoms with Gasteiger partial charge in [0.05, 0.1) is 0 Å². The van der Waals surface area contributed by atoms with Gasteiger partial charge in [-0.3, -0.25) is 4.79 Å². The second kappa shape index (κ2) is 6.98. The smallest absolute Gasteiger partial charge is 0.303 e. The van der Waals surface area contributed by atoms with Crippen LogP contribution in [0.1, 0.15) is 31.9 Å². The van der Waals surface area contributed by atoms with E-state index in [0.29, 0.717) is 12.8 Å². The molecule has 0 spiro atoms. The number of hydrogen-bond acceptors (Lipinski definition) is 5. The first-order valence-corrected chi connectivity index (χ1v) is 7.44. The monoisotopic (exact) mass is 297 g/mol. The van der Waals surface area contributed by atoms with Crippen molar-refractivity contribution < 1.29 is 18.3 Å². The summed E-state index contributed by atoms with van der Waals surface area (Å²) in [5.41, 5.74) is -0.169. The highest BCUT2D eigenvalue weighted by molar-refractivity contribution is 7.89. The first-order valence-electron chi connectivity index (χ1n) is 5.96. The van der Waals surface area contributed by atoms with Crippen molar-refractivity contribution in [3.63, 3.8) is 0 Å². The van der Waals surface area contributed by atoms with Gasteiger partial charge >= 0.3 is 5.97 Å². The molecule has 0 aliphatic heterocycles. The first kappa shape index (κ1) is 16.1. The lowest BCUT2D eigenvalue weighted by Crippen LogP contribution is -2.33. The molecule has 0 aliphatic carbocycles. The van der Waals surface area contributed by atoms with Crippen LogP contribution in [-0.2, 0) is 14.8 Å². The maximum absolute atomic E-state index is 12.1. The third-order valence-electron chi connectivity index (χ3n) is 2.55. The van der Waals surface area contributed by atoms with E-state index in [2.05, 4.69) is 9.71 Å². The van der Waals surface area contributed by atoms with Gasteiger partial charge in [-0.05, 0) is 31.9 Å². The van der Waals surface area contributed by atoms with Gasteiger partial charge < -0.3 is 5.11 Å². The van der Waals surface area contributed by atoms with Crippen LogP contribution in [-0.4, -0.2) is 30.5 Å². The van der Waals surface area contributed by atoms with Gasteiger partial charge in [-0.15, -0.1) is 0 Å². The Bertz CT molecular complexity index is 622. The van der Waals surface area contributed by atoms with E-state index < -0.39 is 22.0 Å². The summed E-state index contributed by atoms with van der Waals surface area (Å²) in [5.74, 6) is -0.918. The van der Waals surface area contributed by atoms with Gasteiger partial charge in [0, 0.05) is 18.7 Å². The minimum Gasteiger partial charge on any atom is -0.481 e. The highest BCUT2D eigenvalue weighted by Crippen LogP contribution is 2.13. The lowest BCUT2D eigenvalue weighted by atomic mass is 10.1. The molecule has 8 heteroatoms.